The smallest absolute Gasteiger partial charge is 0.0936 e. The van der Waals surface area contributed by atoms with Crippen molar-refractivity contribution < 1.29 is 30.1 Å². The lowest BCUT2D eigenvalue weighted by molar-refractivity contribution is -0.214. The van der Waals surface area contributed by atoms with Crippen LogP contribution in [0.2, 0.25) is 0 Å². The van der Waals surface area contributed by atoms with E-state index < -0.39 is 12.2 Å². The Kier molecular flexibility index (Phi) is 10.9. The third kappa shape index (κ3) is 7.83. The Bertz CT molecular complexity index is 806. The fraction of sp³-hybridized carbons (Fsp3) is 0.385. The molecule has 2 aromatic carbocycles. The molecule has 0 amide bonds. The van der Waals surface area contributed by atoms with Crippen LogP contribution in [-0.2, 0) is 22.9 Å². The number of aliphatic hydroxyl groups excluding tert-OH is 4. The van der Waals surface area contributed by atoms with E-state index in [1.807, 2.05) is 72.8 Å². The van der Waals surface area contributed by atoms with Crippen LogP contribution in [0.5, 0.6) is 0 Å². The number of nitrogens with zero attached hydrogens (tertiary/aromatic N) is 2. The summed E-state index contributed by atoms with van der Waals surface area (Å²) in [5.74, 6) is 0. The van der Waals surface area contributed by atoms with Crippen molar-refractivity contribution in [1.29, 1.82) is 0 Å². The van der Waals surface area contributed by atoms with Crippen molar-refractivity contribution >= 4 is 0 Å². The molecule has 0 saturated heterocycles. The Hall–Kier alpha value is -2.40. The summed E-state index contributed by atoms with van der Waals surface area (Å²) >= 11 is 0. The van der Waals surface area contributed by atoms with Crippen LogP contribution in [0.3, 0.4) is 0 Å². The molecular weight excluding hydrogens is 436 g/mol. The molecular formula is C26H34N2O6. The Balaban J connectivity index is 0.000000191. The molecule has 0 aromatic heterocycles. The Morgan fingerprint density at radius 2 is 1.03 bits per heavy atom. The topological polar surface area (TPSA) is 106 Å². The van der Waals surface area contributed by atoms with Crippen LogP contribution in [0.4, 0.5) is 0 Å². The summed E-state index contributed by atoms with van der Waals surface area (Å²) < 4.78 is 0. The maximum absolute atomic E-state index is 9.67. The van der Waals surface area contributed by atoms with Crippen LogP contribution >= 0.6 is 0 Å². The van der Waals surface area contributed by atoms with Crippen LogP contribution in [-0.4, -0.2) is 81.1 Å². The van der Waals surface area contributed by atoms with E-state index in [9.17, 15) is 20.4 Å². The van der Waals surface area contributed by atoms with Crippen LogP contribution in [0.1, 0.15) is 11.1 Å². The predicted octanol–water partition coefficient (Wildman–Crippen LogP) is 1.42. The van der Waals surface area contributed by atoms with E-state index >= 15 is 0 Å². The largest absolute Gasteiger partial charge is 0.395 e. The average Bonchev–Trinajstić information content (AvgIpc) is 2.88. The maximum Gasteiger partial charge on any atom is 0.0936 e. The van der Waals surface area contributed by atoms with Crippen molar-refractivity contribution in [2.75, 3.05) is 26.3 Å². The molecule has 0 fully saturated rings. The van der Waals surface area contributed by atoms with Crippen molar-refractivity contribution in [3.05, 3.63) is 96.1 Å². The summed E-state index contributed by atoms with van der Waals surface area (Å²) in [6.45, 7) is 1.79. The zero-order chi connectivity index (χ0) is 24.2. The van der Waals surface area contributed by atoms with E-state index in [1.165, 1.54) is 0 Å². The lowest BCUT2D eigenvalue weighted by Crippen LogP contribution is -2.47. The highest BCUT2D eigenvalue weighted by Crippen LogP contribution is 2.15. The standard InChI is InChI=1S/2C13H17NO3/c2*15-9-12-13(16)7-4-8-14(12)17-10-11-5-2-1-3-6-11/h2*1-7,12-13,15-16H,8-10H2/t2*12-,13-/m10/s1. The first-order valence-electron chi connectivity index (χ1n) is 11.4. The molecule has 8 nitrogen and oxygen atoms in total. The number of aliphatic hydroxyl groups is 4. The minimum Gasteiger partial charge on any atom is -0.395 e. The van der Waals surface area contributed by atoms with Gasteiger partial charge in [0, 0.05) is 13.1 Å². The molecule has 2 aliphatic rings. The Morgan fingerprint density at radius 3 is 1.38 bits per heavy atom. The van der Waals surface area contributed by atoms with Crippen molar-refractivity contribution in [2.24, 2.45) is 0 Å². The van der Waals surface area contributed by atoms with Gasteiger partial charge in [-0.05, 0) is 11.1 Å². The molecule has 2 aliphatic heterocycles. The quantitative estimate of drug-likeness (QED) is 0.430. The summed E-state index contributed by atoms with van der Waals surface area (Å²) in [5, 5.41) is 41.0. The zero-order valence-electron chi connectivity index (χ0n) is 19.1. The summed E-state index contributed by atoms with van der Waals surface area (Å²) in [6, 6.07) is 18.8. The SMILES string of the molecule is OC[C@@H]1[C@H](O)C=CCN1OCc1ccccc1.OC[C@H]1[C@@H](O)C=CCN1OCc1ccccc1. The molecule has 4 atom stereocenters. The van der Waals surface area contributed by atoms with E-state index in [-0.39, 0.29) is 25.3 Å². The van der Waals surface area contributed by atoms with Gasteiger partial charge in [-0.15, -0.1) is 0 Å². The van der Waals surface area contributed by atoms with Crippen molar-refractivity contribution in [1.82, 2.24) is 10.1 Å². The first-order chi connectivity index (χ1) is 16.6. The summed E-state index contributed by atoms with van der Waals surface area (Å²) in [6.07, 6.45) is 5.69. The highest BCUT2D eigenvalue weighted by atomic mass is 16.7. The van der Waals surface area contributed by atoms with Gasteiger partial charge in [0.25, 0.3) is 0 Å². The Labute approximate surface area is 200 Å². The van der Waals surface area contributed by atoms with Gasteiger partial charge in [-0.3, -0.25) is 9.68 Å². The van der Waals surface area contributed by atoms with E-state index in [4.69, 9.17) is 9.68 Å². The lowest BCUT2D eigenvalue weighted by atomic mass is 10.1. The van der Waals surface area contributed by atoms with Gasteiger partial charge in [0.1, 0.15) is 0 Å². The zero-order valence-corrected chi connectivity index (χ0v) is 19.1. The molecule has 184 valence electrons. The van der Waals surface area contributed by atoms with Gasteiger partial charge in [0.15, 0.2) is 0 Å². The van der Waals surface area contributed by atoms with E-state index in [1.54, 1.807) is 22.3 Å². The van der Waals surface area contributed by atoms with Gasteiger partial charge in [0.05, 0.1) is 50.7 Å². The van der Waals surface area contributed by atoms with Gasteiger partial charge in [-0.1, -0.05) is 85.0 Å². The minimum absolute atomic E-state index is 0.125. The molecule has 0 saturated carbocycles. The summed E-state index contributed by atoms with van der Waals surface area (Å²) in [5.41, 5.74) is 2.13. The minimum atomic E-state index is -0.676. The van der Waals surface area contributed by atoms with Crippen LogP contribution < -0.4 is 0 Å². The van der Waals surface area contributed by atoms with Gasteiger partial charge in [-0.25, -0.2) is 0 Å². The first-order valence-corrected chi connectivity index (χ1v) is 11.4. The lowest BCUT2D eigenvalue weighted by Gasteiger charge is -2.33. The predicted molar refractivity (Wildman–Crippen MR) is 128 cm³/mol. The molecule has 2 heterocycles. The number of rotatable bonds is 8. The molecule has 2 aromatic rings. The van der Waals surface area contributed by atoms with Crippen LogP contribution in [0.15, 0.2) is 85.0 Å². The van der Waals surface area contributed by atoms with Crippen LogP contribution in [0, 0.1) is 0 Å². The summed E-state index contributed by atoms with van der Waals surface area (Å²) in [4.78, 5) is 11.2. The third-order valence-electron chi connectivity index (χ3n) is 5.62. The molecule has 0 radical (unpaired) electrons. The molecule has 0 bridgehead atoms. The first kappa shape index (κ1) is 26.2. The highest BCUT2D eigenvalue weighted by Gasteiger charge is 2.28. The molecule has 0 unspecified atom stereocenters. The molecule has 34 heavy (non-hydrogen) atoms. The van der Waals surface area contributed by atoms with Gasteiger partial charge >= 0.3 is 0 Å². The van der Waals surface area contributed by atoms with Gasteiger partial charge in [-0.2, -0.15) is 10.1 Å². The normalized spacial score (nSPS) is 25.1. The molecule has 4 rings (SSSR count). The second-order valence-corrected chi connectivity index (χ2v) is 8.05. The van der Waals surface area contributed by atoms with E-state index in [0.29, 0.717) is 26.3 Å². The monoisotopic (exact) mass is 470 g/mol. The van der Waals surface area contributed by atoms with E-state index in [0.717, 1.165) is 11.1 Å². The summed E-state index contributed by atoms with van der Waals surface area (Å²) in [7, 11) is 0. The number of hydrogen-bond acceptors (Lipinski definition) is 8. The van der Waals surface area contributed by atoms with Crippen LogP contribution in [0.25, 0.3) is 0 Å². The second-order valence-electron chi connectivity index (χ2n) is 8.05. The van der Waals surface area contributed by atoms with Gasteiger partial charge < -0.3 is 20.4 Å². The van der Waals surface area contributed by atoms with Crippen molar-refractivity contribution in [2.45, 2.75) is 37.5 Å². The highest BCUT2D eigenvalue weighted by molar-refractivity contribution is 5.14. The van der Waals surface area contributed by atoms with E-state index in [2.05, 4.69) is 0 Å². The third-order valence-corrected chi connectivity index (χ3v) is 5.62. The number of benzene rings is 2. The van der Waals surface area contributed by atoms with Gasteiger partial charge in [0.2, 0.25) is 0 Å². The second kappa shape index (κ2) is 14.1. The maximum atomic E-state index is 9.67. The van der Waals surface area contributed by atoms with Crippen molar-refractivity contribution in [3.8, 4) is 0 Å². The molecule has 8 heteroatoms. The molecule has 0 aliphatic carbocycles. The molecule has 4 N–H and O–H groups in total. The average molecular weight is 471 g/mol. The number of hydrogen-bond donors (Lipinski definition) is 4. The Morgan fingerprint density at radius 1 is 0.647 bits per heavy atom. The number of hydroxylamine groups is 4. The molecule has 0 spiro atoms. The fourth-order valence-electron chi connectivity index (χ4n) is 3.63. The fourth-order valence-corrected chi connectivity index (χ4v) is 3.63. The van der Waals surface area contributed by atoms with Crippen molar-refractivity contribution in [3.63, 3.8) is 0 Å².